The van der Waals surface area contributed by atoms with Crippen LogP contribution in [-0.4, -0.2) is 16.4 Å². The Morgan fingerprint density at radius 3 is 2.00 bits per heavy atom. The fraction of sp³-hybridized carbons (Fsp3) is 0.549. The Bertz CT molecular complexity index is 1920. The minimum Gasteiger partial charge on any atom is -0.507 e. The van der Waals surface area contributed by atoms with Crippen molar-refractivity contribution in [1.82, 2.24) is 0 Å². The third kappa shape index (κ3) is 11.3. The lowest BCUT2D eigenvalue weighted by Gasteiger charge is -2.32. The van der Waals surface area contributed by atoms with Crippen molar-refractivity contribution in [1.29, 1.82) is 5.26 Å². The fourth-order valence-corrected chi connectivity index (χ4v) is 9.86. The van der Waals surface area contributed by atoms with Gasteiger partial charge < -0.3 is 15.2 Å². The van der Waals surface area contributed by atoms with Gasteiger partial charge in [-0.05, 0) is 117 Å². The number of thioether (sulfide) groups is 1. The average molecular weight is 777 g/mol. The highest BCUT2D eigenvalue weighted by molar-refractivity contribution is 7.99. The quantitative estimate of drug-likeness (QED) is 0.227. The number of nitrogens with zero attached hydrogens (tertiary/aromatic N) is 1. The molecule has 0 spiro atoms. The zero-order valence-corrected chi connectivity index (χ0v) is 38.2. The Balaban J connectivity index is 0.00000342. The Morgan fingerprint density at radius 2 is 1.41 bits per heavy atom. The SMILES string of the molecule is CC.CC1=CC(C)=C(Cc2cc(C(C)(C)C)cc(CSC3CCCCCCC3Nc3cc(C(C)(C)C)cc(Oc4c(C)cc(C)cc4C)c3C#N)c2O)C(C)C1. The van der Waals surface area contributed by atoms with Gasteiger partial charge in [-0.15, -0.1) is 0 Å². The number of rotatable bonds is 9. The number of ether oxygens (including phenoxy) is 1. The molecule has 0 radical (unpaired) electrons. The number of hydrogen-bond donors (Lipinski definition) is 2. The maximum Gasteiger partial charge on any atom is 0.147 e. The Hall–Kier alpha value is -3.62. The average Bonchev–Trinajstić information content (AvgIpc) is 3.09. The van der Waals surface area contributed by atoms with E-state index >= 15 is 0 Å². The predicted octanol–water partition coefficient (Wildman–Crippen LogP) is 14.9. The van der Waals surface area contributed by atoms with Gasteiger partial charge in [0, 0.05) is 22.6 Å². The summed E-state index contributed by atoms with van der Waals surface area (Å²) in [7, 11) is 0. The molecular formula is C51H72N2O2S. The smallest absolute Gasteiger partial charge is 0.147 e. The van der Waals surface area contributed by atoms with Crippen LogP contribution in [0.1, 0.15) is 166 Å². The molecule has 3 aromatic rings. The number of aryl methyl sites for hydroxylation is 3. The molecule has 4 nitrogen and oxygen atoms in total. The van der Waals surface area contributed by atoms with Gasteiger partial charge in [0.15, 0.2) is 0 Å². The van der Waals surface area contributed by atoms with Gasteiger partial charge in [-0.3, -0.25) is 0 Å². The maximum atomic E-state index is 11.9. The molecule has 3 unspecified atom stereocenters. The molecule has 304 valence electrons. The summed E-state index contributed by atoms with van der Waals surface area (Å²) in [6, 6.07) is 15.8. The van der Waals surface area contributed by atoms with Crippen molar-refractivity contribution in [3.63, 3.8) is 0 Å². The number of aromatic hydroxyl groups is 1. The Labute approximate surface area is 345 Å². The topological polar surface area (TPSA) is 65.3 Å². The van der Waals surface area contributed by atoms with Crippen LogP contribution >= 0.6 is 11.8 Å². The monoisotopic (exact) mass is 777 g/mol. The lowest BCUT2D eigenvalue weighted by atomic mass is 9.80. The van der Waals surface area contributed by atoms with Gasteiger partial charge in [0.25, 0.3) is 0 Å². The molecular weight excluding hydrogens is 705 g/mol. The third-order valence-electron chi connectivity index (χ3n) is 11.6. The predicted molar refractivity (Wildman–Crippen MR) is 243 cm³/mol. The number of phenolic OH excluding ortho intramolecular Hbond substituents is 1. The number of hydrogen-bond acceptors (Lipinski definition) is 5. The molecule has 5 heteroatoms. The van der Waals surface area contributed by atoms with Crippen LogP contribution in [0.2, 0.25) is 0 Å². The molecule has 2 aliphatic rings. The van der Waals surface area contributed by atoms with Gasteiger partial charge in [-0.2, -0.15) is 17.0 Å². The van der Waals surface area contributed by atoms with Crippen LogP contribution in [0.3, 0.4) is 0 Å². The van der Waals surface area contributed by atoms with E-state index in [0.717, 1.165) is 77.1 Å². The van der Waals surface area contributed by atoms with E-state index in [9.17, 15) is 10.4 Å². The Morgan fingerprint density at radius 1 is 0.821 bits per heavy atom. The van der Waals surface area contributed by atoms with E-state index in [0.29, 0.717) is 28.2 Å². The molecule has 56 heavy (non-hydrogen) atoms. The summed E-state index contributed by atoms with van der Waals surface area (Å²) >= 11 is 1.97. The molecule has 3 atom stereocenters. The molecule has 2 N–H and O–H groups in total. The first-order valence-electron chi connectivity index (χ1n) is 21.3. The van der Waals surface area contributed by atoms with Crippen molar-refractivity contribution < 1.29 is 9.84 Å². The summed E-state index contributed by atoms with van der Waals surface area (Å²) in [6.45, 7) is 30.5. The van der Waals surface area contributed by atoms with Gasteiger partial charge in [-0.25, -0.2) is 0 Å². The molecule has 1 fully saturated rings. The van der Waals surface area contributed by atoms with Crippen LogP contribution in [0.5, 0.6) is 17.2 Å². The summed E-state index contributed by atoms with van der Waals surface area (Å²) < 4.78 is 6.69. The first kappa shape index (κ1) is 45.1. The molecule has 0 aliphatic heterocycles. The van der Waals surface area contributed by atoms with E-state index in [2.05, 4.69) is 137 Å². The summed E-state index contributed by atoms with van der Waals surface area (Å²) in [5, 5.41) is 26.9. The molecule has 0 saturated heterocycles. The first-order valence-corrected chi connectivity index (χ1v) is 22.3. The molecule has 0 aromatic heterocycles. The second-order valence-corrected chi connectivity index (χ2v) is 19.8. The van der Waals surface area contributed by atoms with Gasteiger partial charge in [0.05, 0.1) is 5.69 Å². The van der Waals surface area contributed by atoms with Gasteiger partial charge in [-0.1, -0.05) is 141 Å². The second-order valence-electron chi connectivity index (χ2n) is 18.6. The van der Waals surface area contributed by atoms with Crippen molar-refractivity contribution in [2.24, 2.45) is 5.92 Å². The van der Waals surface area contributed by atoms with Crippen LogP contribution in [0, 0.1) is 38.0 Å². The van der Waals surface area contributed by atoms with Gasteiger partial charge in [0.2, 0.25) is 0 Å². The van der Waals surface area contributed by atoms with Crippen LogP contribution in [-0.2, 0) is 23.0 Å². The number of nitriles is 1. The maximum absolute atomic E-state index is 11.9. The van der Waals surface area contributed by atoms with E-state index in [1.165, 1.54) is 47.1 Å². The van der Waals surface area contributed by atoms with Crippen LogP contribution in [0.15, 0.2) is 59.2 Å². The highest BCUT2D eigenvalue weighted by Crippen LogP contribution is 2.42. The zero-order chi connectivity index (χ0) is 41.5. The largest absolute Gasteiger partial charge is 0.507 e. The summed E-state index contributed by atoms with van der Waals surface area (Å²) in [5.74, 6) is 3.10. The van der Waals surface area contributed by atoms with E-state index in [-0.39, 0.29) is 16.9 Å². The lowest BCUT2D eigenvalue weighted by Crippen LogP contribution is -2.33. The lowest BCUT2D eigenvalue weighted by molar-refractivity contribution is 0.461. The normalized spacial score (nSPS) is 19.2. The number of benzene rings is 3. The number of allylic oxidation sites excluding steroid dienone is 4. The number of phenols is 1. The van der Waals surface area contributed by atoms with Crippen molar-refractivity contribution in [3.05, 3.63) is 104 Å². The number of nitrogens with one attached hydrogen (secondary N) is 1. The molecule has 2 aliphatic carbocycles. The fourth-order valence-electron chi connectivity index (χ4n) is 8.48. The van der Waals surface area contributed by atoms with Crippen molar-refractivity contribution >= 4 is 17.4 Å². The highest BCUT2D eigenvalue weighted by Gasteiger charge is 2.29. The molecule has 0 heterocycles. The molecule has 1 saturated carbocycles. The number of anilines is 1. The van der Waals surface area contributed by atoms with Crippen LogP contribution in [0.4, 0.5) is 5.69 Å². The van der Waals surface area contributed by atoms with Gasteiger partial charge in [0.1, 0.15) is 28.9 Å². The Kier molecular flexibility index (Phi) is 15.5. The van der Waals surface area contributed by atoms with Gasteiger partial charge >= 0.3 is 0 Å². The second kappa shape index (κ2) is 19.2. The summed E-state index contributed by atoms with van der Waals surface area (Å²) in [6.07, 6.45) is 11.1. The molecule has 5 rings (SSSR count). The molecule has 0 bridgehead atoms. The van der Waals surface area contributed by atoms with E-state index in [4.69, 9.17) is 4.74 Å². The van der Waals surface area contributed by atoms with Crippen LogP contribution in [0.25, 0.3) is 0 Å². The van der Waals surface area contributed by atoms with E-state index < -0.39 is 0 Å². The van der Waals surface area contributed by atoms with E-state index in [1.54, 1.807) is 0 Å². The van der Waals surface area contributed by atoms with Crippen molar-refractivity contribution in [2.45, 2.75) is 176 Å². The minimum absolute atomic E-state index is 0.0362. The molecule has 0 amide bonds. The van der Waals surface area contributed by atoms with Crippen molar-refractivity contribution in [3.8, 4) is 23.3 Å². The van der Waals surface area contributed by atoms with Crippen LogP contribution < -0.4 is 10.1 Å². The summed E-state index contributed by atoms with van der Waals surface area (Å²) in [4.78, 5) is 0. The minimum atomic E-state index is -0.137. The molecule has 3 aromatic carbocycles. The van der Waals surface area contributed by atoms with Crippen molar-refractivity contribution in [2.75, 3.05) is 5.32 Å². The first-order chi connectivity index (χ1) is 26.3. The highest BCUT2D eigenvalue weighted by atomic mass is 32.2. The third-order valence-corrected chi connectivity index (χ3v) is 13.1. The van der Waals surface area contributed by atoms with E-state index in [1.807, 2.05) is 25.6 Å². The standard InChI is InChI=1S/C49H66N2O2S.C2H6/c1-30-19-32(3)40(33(4)20-30)25-36-23-38(48(7,8)9)24-37(46(36)52)29-54-45-18-16-14-13-15-17-42(45)51-43-26-39(49(10,11)12)27-44(41(43)28-50)53-47-34(5)21-31(2)22-35(47)6;1-2/h19,21-24,26-27,33,42,45,51-52H,13-18,20,25,29H2,1-12H3;1-2H3. The summed E-state index contributed by atoms with van der Waals surface area (Å²) in [5.41, 5.74) is 13.3. The zero-order valence-electron chi connectivity index (χ0n) is 37.3.